The van der Waals surface area contributed by atoms with Gasteiger partial charge >= 0.3 is 0 Å². The molecule has 0 aliphatic rings. The SMILES string of the molecule is c1ccc(-c2nc(-c3ccccc3)nc(-c3cccc4cc(-c5cccc6c5ccc5cc7c(cc56)oc5ccccc57)ccc34)n2)cc1. The number of para-hydroxylation sites is 1. The van der Waals surface area contributed by atoms with Crippen LogP contribution in [-0.4, -0.2) is 15.0 Å². The number of hydrogen-bond acceptors (Lipinski definition) is 4. The minimum atomic E-state index is 0.652. The van der Waals surface area contributed by atoms with Crippen molar-refractivity contribution in [2.45, 2.75) is 0 Å². The number of benzene rings is 8. The van der Waals surface area contributed by atoms with E-state index in [-0.39, 0.29) is 0 Å². The molecular formula is C45H27N3O. The van der Waals surface area contributed by atoms with Crippen LogP contribution in [0.15, 0.2) is 168 Å². The van der Waals surface area contributed by atoms with E-state index >= 15 is 0 Å². The number of hydrogen-bond donors (Lipinski definition) is 0. The van der Waals surface area contributed by atoms with Gasteiger partial charge in [0.15, 0.2) is 17.5 Å². The van der Waals surface area contributed by atoms with Gasteiger partial charge in [0.1, 0.15) is 11.2 Å². The summed E-state index contributed by atoms with van der Waals surface area (Å²) in [6.45, 7) is 0. The molecule has 0 fully saturated rings. The summed E-state index contributed by atoms with van der Waals surface area (Å²) in [4.78, 5) is 14.9. The molecule has 0 saturated carbocycles. The van der Waals surface area contributed by atoms with E-state index in [2.05, 4.69) is 91.0 Å². The normalized spacial score (nSPS) is 11.7. The van der Waals surface area contributed by atoms with Crippen molar-refractivity contribution in [2.75, 3.05) is 0 Å². The molecule has 0 atom stereocenters. The molecule has 0 aliphatic heterocycles. The van der Waals surface area contributed by atoms with Crippen molar-refractivity contribution in [3.8, 4) is 45.3 Å². The molecule has 0 unspecified atom stereocenters. The van der Waals surface area contributed by atoms with Gasteiger partial charge in [-0.05, 0) is 67.7 Å². The molecule has 0 N–H and O–H groups in total. The fourth-order valence-corrected chi connectivity index (χ4v) is 7.14. The highest BCUT2D eigenvalue weighted by atomic mass is 16.3. The second-order valence-corrected chi connectivity index (χ2v) is 12.4. The summed E-state index contributed by atoms with van der Waals surface area (Å²) in [5.41, 5.74) is 7.05. The van der Waals surface area contributed by atoms with Crippen molar-refractivity contribution in [2.24, 2.45) is 0 Å². The van der Waals surface area contributed by atoms with E-state index in [9.17, 15) is 0 Å². The Labute approximate surface area is 282 Å². The maximum atomic E-state index is 6.27. The van der Waals surface area contributed by atoms with Gasteiger partial charge in [0.2, 0.25) is 0 Å². The van der Waals surface area contributed by atoms with Crippen molar-refractivity contribution in [1.82, 2.24) is 15.0 Å². The number of nitrogens with zero attached hydrogens (tertiary/aromatic N) is 3. The van der Waals surface area contributed by atoms with Crippen LogP contribution in [0.2, 0.25) is 0 Å². The van der Waals surface area contributed by atoms with E-state index in [0.29, 0.717) is 17.5 Å². The van der Waals surface area contributed by atoms with Crippen LogP contribution in [0.3, 0.4) is 0 Å². The Morgan fingerprint density at radius 1 is 0.306 bits per heavy atom. The third kappa shape index (κ3) is 4.57. The molecule has 0 amide bonds. The molecule has 10 aromatic rings. The van der Waals surface area contributed by atoms with Crippen LogP contribution in [-0.2, 0) is 0 Å². The fraction of sp³-hybridized carbons (Fsp3) is 0. The van der Waals surface area contributed by atoms with E-state index < -0.39 is 0 Å². The molecule has 4 nitrogen and oxygen atoms in total. The van der Waals surface area contributed by atoms with Gasteiger partial charge < -0.3 is 4.42 Å². The first-order valence-electron chi connectivity index (χ1n) is 16.4. The van der Waals surface area contributed by atoms with Crippen molar-refractivity contribution in [1.29, 1.82) is 0 Å². The standard InChI is InChI=1S/C45H27N3O/c1-3-11-28(12-4-1)43-46-44(29-13-5-2-6-14-29)48-45(47-43)38-19-9-15-30-25-31(21-23-34(30)38)33-17-10-18-35-36(33)24-22-32-26-40-37-16-7-8-20-41(37)49-42(40)27-39(32)35/h1-27H. The highest BCUT2D eigenvalue weighted by Gasteiger charge is 2.16. The third-order valence-corrected chi connectivity index (χ3v) is 9.51. The van der Waals surface area contributed by atoms with Gasteiger partial charge in [0, 0.05) is 27.5 Å². The molecule has 2 aromatic heterocycles. The van der Waals surface area contributed by atoms with Gasteiger partial charge in [0.05, 0.1) is 0 Å². The van der Waals surface area contributed by atoms with E-state index in [0.717, 1.165) is 55.0 Å². The first-order chi connectivity index (χ1) is 24.3. The van der Waals surface area contributed by atoms with Crippen LogP contribution in [0.25, 0.3) is 99.5 Å². The Kier molecular flexibility index (Phi) is 6.15. The summed E-state index contributed by atoms with van der Waals surface area (Å²) in [6.07, 6.45) is 0. The highest BCUT2D eigenvalue weighted by molar-refractivity contribution is 6.18. The summed E-state index contributed by atoms with van der Waals surface area (Å²) in [5, 5.41) is 9.31. The van der Waals surface area contributed by atoms with E-state index in [1.54, 1.807) is 0 Å². The summed E-state index contributed by atoms with van der Waals surface area (Å²) in [5.74, 6) is 1.96. The monoisotopic (exact) mass is 625 g/mol. The molecule has 2 heterocycles. The van der Waals surface area contributed by atoms with Gasteiger partial charge in [-0.2, -0.15) is 0 Å². The summed E-state index contributed by atoms with van der Waals surface area (Å²) in [6, 6.07) is 57.0. The zero-order chi connectivity index (χ0) is 32.3. The Morgan fingerprint density at radius 2 is 0.939 bits per heavy atom. The van der Waals surface area contributed by atoms with E-state index in [1.807, 2.05) is 72.8 Å². The first kappa shape index (κ1) is 27.5. The van der Waals surface area contributed by atoms with E-state index in [4.69, 9.17) is 19.4 Å². The summed E-state index contributed by atoms with van der Waals surface area (Å²) >= 11 is 0. The number of furan rings is 1. The number of aromatic nitrogens is 3. The van der Waals surface area contributed by atoms with Crippen molar-refractivity contribution in [3.63, 3.8) is 0 Å². The highest BCUT2D eigenvalue weighted by Crippen LogP contribution is 2.39. The topological polar surface area (TPSA) is 51.8 Å². The zero-order valence-electron chi connectivity index (χ0n) is 26.3. The predicted molar refractivity (Wildman–Crippen MR) is 201 cm³/mol. The quantitative estimate of drug-likeness (QED) is 0.183. The molecule has 0 bridgehead atoms. The lowest BCUT2D eigenvalue weighted by Gasteiger charge is -2.13. The smallest absolute Gasteiger partial charge is 0.164 e. The Bertz CT molecular complexity index is 2820. The van der Waals surface area contributed by atoms with Gasteiger partial charge in [-0.3, -0.25) is 0 Å². The molecule has 49 heavy (non-hydrogen) atoms. The van der Waals surface area contributed by atoms with Gasteiger partial charge in [-0.25, -0.2) is 15.0 Å². The minimum absolute atomic E-state index is 0.652. The molecule has 8 aromatic carbocycles. The molecule has 10 rings (SSSR count). The van der Waals surface area contributed by atoms with Crippen molar-refractivity contribution >= 4 is 54.3 Å². The maximum absolute atomic E-state index is 6.27. The Hall–Kier alpha value is -6.65. The van der Waals surface area contributed by atoms with Crippen LogP contribution in [0.1, 0.15) is 0 Å². The zero-order valence-corrected chi connectivity index (χ0v) is 26.3. The lowest BCUT2D eigenvalue weighted by atomic mass is 9.92. The molecule has 0 radical (unpaired) electrons. The lowest BCUT2D eigenvalue weighted by molar-refractivity contribution is 0.669. The second kappa shape index (κ2) is 11.0. The molecule has 0 aliphatic carbocycles. The molecule has 0 spiro atoms. The van der Waals surface area contributed by atoms with Crippen LogP contribution < -0.4 is 0 Å². The molecule has 0 saturated heterocycles. The van der Waals surface area contributed by atoms with Gasteiger partial charge in [0.25, 0.3) is 0 Å². The van der Waals surface area contributed by atoms with Gasteiger partial charge in [-0.1, -0.05) is 140 Å². The first-order valence-corrected chi connectivity index (χ1v) is 16.4. The third-order valence-electron chi connectivity index (χ3n) is 9.51. The molecule has 4 heteroatoms. The maximum Gasteiger partial charge on any atom is 0.164 e. The van der Waals surface area contributed by atoms with Crippen molar-refractivity contribution in [3.05, 3.63) is 164 Å². The van der Waals surface area contributed by atoms with Crippen LogP contribution >= 0.6 is 0 Å². The predicted octanol–water partition coefficient (Wildman–Crippen LogP) is 11.9. The Balaban J connectivity index is 1.12. The largest absolute Gasteiger partial charge is 0.456 e. The molecule has 228 valence electrons. The average molecular weight is 626 g/mol. The van der Waals surface area contributed by atoms with Crippen LogP contribution in [0.4, 0.5) is 0 Å². The van der Waals surface area contributed by atoms with Crippen molar-refractivity contribution < 1.29 is 4.42 Å². The van der Waals surface area contributed by atoms with Crippen LogP contribution in [0, 0.1) is 0 Å². The van der Waals surface area contributed by atoms with Gasteiger partial charge in [-0.15, -0.1) is 0 Å². The Morgan fingerprint density at radius 3 is 1.73 bits per heavy atom. The second-order valence-electron chi connectivity index (χ2n) is 12.4. The summed E-state index contributed by atoms with van der Waals surface area (Å²) in [7, 11) is 0. The fourth-order valence-electron chi connectivity index (χ4n) is 7.14. The molecular weight excluding hydrogens is 599 g/mol. The lowest BCUT2D eigenvalue weighted by Crippen LogP contribution is -2.00. The number of fused-ring (bicyclic) bond motifs is 7. The van der Waals surface area contributed by atoms with Crippen LogP contribution in [0.5, 0.6) is 0 Å². The average Bonchev–Trinajstić information content (AvgIpc) is 3.54. The van der Waals surface area contributed by atoms with E-state index in [1.165, 1.54) is 27.1 Å². The summed E-state index contributed by atoms with van der Waals surface area (Å²) < 4.78 is 6.27. The number of rotatable bonds is 4. The minimum Gasteiger partial charge on any atom is -0.456 e.